The zero-order valence-corrected chi connectivity index (χ0v) is 17.0. The van der Waals surface area contributed by atoms with Gasteiger partial charge in [0.05, 0.1) is 14.2 Å². The number of benzene rings is 2. The van der Waals surface area contributed by atoms with Crippen molar-refractivity contribution in [1.82, 2.24) is 0 Å². The smallest absolute Gasteiger partial charge is 0.372 e. The van der Waals surface area contributed by atoms with E-state index in [1.807, 2.05) is 19.9 Å². The van der Waals surface area contributed by atoms with E-state index in [0.29, 0.717) is 22.3 Å². The second-order valence-electron chi connectivity index (χ2n) is 6.07. The lowest BCUT2D eigenvalue weighted by Crippen LogP contribution is -2.19. The number of nitrogens with two attached hydrogens (primary N) is 1. The maximum absolute atomic E-state index is 11.8. The number of nitrogens with zero attached hydrogens (tertiary/aromatic N) is 1. The van der Waals surface area contributed by atoms with Crippen molar-refractivity contribution < 1.29 is 23.8 Å². The quantitative estimate of drug-likeness (QED) is 0.312. The molecule has 28 heavy (non-hydrogen) atoms. The molecule has 0 saturated heterocycles. The number of methoxy groups -OCH3 is 2. The van der Waals surface area contributed by atoms with Gasteiger partial charge in [-0.15, -0.1) is 0 Å². The Labute approximate surface area is 169 Å². The molecule has 0 atom stereocenters. The van der Waals surface area contributed by atoms with Gasteiger partial charge in [-0.2, -0.15) is 0 Å². The van der Waals surface area contributed by atoms with Gasteiger partial charge in [0, 0.05) is 11.4 Å². The first-order valence-corrected chi connectivity index (χ1v) is 8.84. The Morgan fingerprint density at radius 2 is 1.71 bits per heavy atom. The molecule has 2 rings (SSSR count). The number of hydrogen-bond acceptors (Lipinski definition) is 6. The monoisotopic (exact) mass is 406 g/mol. The zero-order valence-electron chi connectivity index (χ0n) is 16.2. The fourth-order valence-corrected chi connectivity index (χ4v) is 2.61. The minimum atomic E-state index is -0.666. The van der Waals surface area contributed by atoms with Crippen molar-refractivity contribution in [1.29, 1.82) is 0 Å². The summed E-state index contributed by atoms with van der Waals surface area (Å²) in [4.78, 5) is 16.6. The summed E-state index contributed by atoms with van der Waals surface area (Å²) in [6.45, 7) is 3.42. The van der Waals surface area contributed by atoms with Gasteiger partial charge in [-0.05, 0) is 54.8 Å². The van der Waals surface area contributed by atoms with Crippen molar-refractivity contribution in [2.75, 3.05) is 20.8 Å². The van der Waals surface area contributed by atoms with E-state index < -0.39 is 5.97 Å². The third-order valence-corrected chi connectivity index (χ3v) is 4.46. The van der Waals surface area contributed by atoms with E-state index in [1.54, 1.807) is 38.5 Å². The highest BCUT2D eigenvalue weighted by Crippen LogP contribution is 2.28. The average molecular weight is 407 g/mol. The minimum Gasteiger partial charge on any atom is -0.493 e. The molecule has 0 bridgehead atoms. The van der Waals surface area contributed by atoms with Gasteiger partial charge in [-0.1, -0.05) is 22.8 Å². The van der Waals surface area contributed by atoms with Gasteiger partial charge in [0.15, 0.2) is 18.1 Å². The molecule has 0 spiro atoms. The van der Waals surface area contributed by atoms with Gasteiger partial charge in [0.1, 0.15) is 11.6 Å². The summed E-state index contributed by atoms with van der Waals surface area (Å²) in [5.74, 6) is 1.18. The third-order valence-electron chi connectivity index (χ3n) is 3.86. The van der Waals surface area contributed by atoms with Gasteiger partial charge in [-0.3, -0.25) is 0 Å². The zero-order chi connectivity index (χ0) is 20.7. The highest BCUT2D eigenvalue weighted by atomic mass is 35.5. The minimum absolute atomic E-state index is 0.138. The van der Waals surface area contributed by atoms with Gasteiger partial charge in [0.25, 0.3) is 0 Å². The number of amidine groups is 1. The second-order valence-corrected chi connectivity index (χ2v) is 6.45. The number of hydrogen-bond donors (Lipinski definition) is 1. The van der Waals surface area contributed by atoms with Crippen LogP contribution in [0.5, 0.6) is 17.2 Å². The number of ether oxygens (including phenoxy) is 3. The van der Waals surface area contributed by atoms with Gasteiger partial charge in [-0.25, -0.2) is 4.79 Å². The van der Waals surface area contributed by atoms with E-state index in [0.717, 1.165) is 16.7 Å². The van der Waals surface area contributed by atoms with Crippen LogP contribution >= 0.6 is 11.6 Å². The largest absolute Gasteiger partial charge is 0.493 e. The van der Waals surface area contributed by atoms with Crippen LogP contribution in [0.15, 0.2) is 35.5 Å². The van der Waals surface area contributed by atoms with Crippen molar-refractivity contribution in [3.63, 3.8) is 0 Å². The summed E-state index contributed by atoms with van der Waals surface area (Å²) < 4.78 is 15.8. The lowest BCUT2D eigenvalue weighted by Gasteiger charge is -2.09. The Morgan fingerprint density at radius 1 is 1.07 bits per heavy atom. The Balaban J connectivity index is 1.89. The van der Waals surface area contributed by atoms with Crippen LogP contribution in [-0.4, -0.2) is 32.6 Å². The van der Waals surface area contributed by atoms with Crippen LogP contribution in [0.2, 0.25) is 5.02 Å². The molecule has 0 aliphatic carbocycles. The fourth-order valence-electron chi connectivity index (χ4n) is 2.50. The normalized spacial score (nSPS) is 11.1. The molecule has 150 valence electrons. The first-order valence-electron chi connectivity index (χ1n) is 8.46. The fraction of sp³-hybridized carbons (Fsp3) is 0.300. The molecule has 0 amide bonds. The third kappa shape index (κ3) is 5.79. The molecule has 0 unspecified atom stereocenters. The van der Waals surface area contributed by atoms with E-state index >= 15 is 0 Å². The lowest BCUT2D eigenvalue weighted by atomic mass is 10.1. The standard InChI is InChI=1S/C20H23ClN2O5/c1-12-7-15(8-13(2)20(12)21)27-11-19(24)28-23-18(22)10-14-5-6-16(25-3)17(9-14)26-4/h5-9H,10-11H2,1-4H3,(H2,22,23). The van der Waals surface area contributed by atoms with E-state index in [9.17, 15) is 4.79 Å². The van der Waals surface area contributed by atoms with Crippen molar-refractivity contribution in [3.05, 3.63) is 52.0 Å². The SMILES string of the molecule is COc1ccc(C/C(N)=N\OC(=O)COc2cc(C)c(Cl)c(C)c2)cc1OC. The summed E-state index contributed by atoms with van der Waals surface area (Å²) in [7, 11) is 3.10. The molecule has 0 aliphatic rings. The van der Waals surface area contributed by atoms with E-state index in [1.165, 1.54) is 0 Å². The summed E-state index contributed by atoms with van der Waals surface area (Å²) in [5.41, 5.74) is 8.38. The molecular formula is C20H23ClN2O5. The first kappa shape index (κ1) is 21.4. The number of carbonyl (C=O) groups excluding carboxylic acids is 1. The molecule has 0 radical (unpaired) electrons. The number of halogens is 1. The number of carbonyl (C=O) groups is 1. The number of aryl methyl sites for hydroxylation is 2. The highest BCUT2D eigenvalue weighted by molar-refractivity contribution is 6.32. The van der Waals surface area contributed by atoms with Crippen LogP contribution in [0.3, 0.4) is 0 Å². The van der Waals surface area contributed by atoms with E-state index in [4.69, 9.17) is 36.4 Å². The number of rotatable bonds is 8. The molecule has 2 N–H and O–H groups in total. The van der Waals surface area contributed by atoms with E-state index in [-0.39, 0.29) is 18.9 Å². The van der Waals surface area contributed by atoms with Crippen molar-refractivity contribution in [2.45, 2.75) is 20.3 Å². The molecule has 0 saturated carbocycles. The molecule has 8 heteroatoms. The molecule has 0 aliphatic heterocycles. The van der Waals surface area contributed by atoms with Crippen LogP contribution < -0.4 is 19.9 Å². The van der Waals surface area contributed by atoms with Crippen LogP contribution in [0.25, 0.3) is 0 Å². The summed E-state index contributed by atoms with van der Waals surface area (Å²) in [6.07, 6.45) is 0.282. The van der Waals surface area contributed by atoms with Crippen molar-refractivity contribution in [3.8, 4) is 17.2 Å². The van der Waals surface area contributed by atoms with Crippen molar-refractivity contribution in [2.24, 2.45) is 10.9 Å². The second kappa shape index (κ2) is 9.85. The molecule has 2 aromatic rings. The van der Waals surface area contributed by atoms with Gasteiger partial charge in [0.2, 0.25) is 0 Å². The van der Waals surface area contributed by atoms with Crippen LogP contribution in [0.1, 0.15) is 16.7 Å². The predicted octanol–water partition coefficient (Wildman–Crippen LogP) is 3.41. The summed E-state index contributed by atoms with van der Waals surface area (Å²) in [6, 6.07) is 8.85. The Kier molecular flexibility index (Phi) is 7.52. The molecule has 2 aromatic carbocycles. The van der Waals surface area contributed by atoms with Gasteiger partial charge < -0.3 is 24.8 Å². The number of oxime groups is 1. The first-order chi connectivity index (χ1) is 13.3. The summed E-state index contributed by atoms with van der Waals surface area (Å²) >= 11 is 6.11. The Bertz CT molecular complexity index is 860. The van der Waals surface area contributed by atoms with Gasteiger partial charge >= 0.3 is 5.97 Å². The van der Waals surface area contributed by atoms with Crippen LogP contribution in [0, 0.1) is 13.8 Å². The Morgan fingerprint density at radius 3 is 2.32 bits per heavy atom. The highest BCUT2D eigenvalue weighted by Gasteiger charge is 2.09. The lowest BCUT2D eigenvalue weighted by molar-refractivity contribution is -0.146. The molecule has 7 nitrogen and oxygen atoms in total. The maximum atomic E-state index is 11.8. The average Bonchev–Trinajstić information content (AvgIpc) is 2.68. The molecule has 0 heterocycles. The van der Waals surface area contributed by atoms with Crippen LogP contribution in [0.4, 0.5) is 0 Å². The molecule has 0 fully saturated rings. The Hall–Kier alpha value is -2.93. The predicted molar refractivity (Wildman–Crippen MR) is 107 cm³/mol. The molecular weight excluding hydrogens is 384 g/mol. The van der Waals surface area contributed by atoms with Crippen molar-refractivity contribution >= 4 is 23.4 Å². The molecule has 0 aromatic heterocycles. The summed E-state index contributed by atoms with van der Waals surface area (Å²) in [5, 5.41) is 4.32. The van der Waals surface area contributed by atoms with Crippen LogP contribution in [-0.2, 0) is 16.1 Å². The maximum Gasteiger partial charge on any atom is 0.372 e. The topological polar surface area (TPSA) is 92.4 Å². The van der Waals surface area contributed by atoms with E-state index in [2.05, 4.69) is 5.16 Å².